The Labute approximate surface area is 120 Å². The fourth-order valence-electron chi connectivity index (χ4n) is 3.53. The van der Waals surface area contributed by atoms with Crippen molar-refractivity contribution >= 4 is 5.82 Å². The second-order valence-electron chi connectivity index (χ2n) is 5.90. The second kappa shape index (κ2) is 5.88. The molecule has 0 unspecified atom stereocenters. The molecule has 0 amide bonds. The van der Waals surface area contributed by atoms with Crippen molar-refractivity contribution in [3.8, 4) is 12.3 Å². The van der Waals surface area contributed by atoms with Crippen molar-refractivity contribution in [1.82, 2.24) is 9.55 Å². The first-order valence-electron chi connectivity index (χ1n) is 7.68. The highest BCUT2D eigenvalue weighted by Gasteiger charge is 2.28. The summed E-state index contributed by atoms with van der Waals surface area (Å²) in [6.07, 6.45) is 12.6. The summed E-state index contributed by atoms with van der Waals surface area (Å²) in [6, 6.07) is 0. The van der Waals surface area contributed by atoms with Crippen LogP contribution in [-0.2, 0) is 11.3 Å². The van der Waals surface area contributed by atoms with Crippen LogP contribution in [0, 0.1) is 12.3 Å². The lowest BCUT2D eigenvalue weighted by molar-refractivity contribution is 0.0847. The number of hydrogen-bond donors (Lipinski definition) is 1. The van der Waals surface area contributed by atoms with Gasteiger partial charge in [-0.25, -0.2) is 4.98 Å². The average Bonchev–Trinajstić information content (AvgIpc) is 3.10. The van der Waals surface area contributed by atoms with E-state index in [2.05, 4.69) is 10.5 Å². The average molecular weight is 273 g/mol. The van der Waals surface area contributed by atoms with Crippen molar-refractivity contribution in [2.45, 2.75) is 56.9 Å². The van der Waals surface area contributed by atoms with Crippen LogP contribution in [-0.4, -0.2) is 22.8 Å². The number of nitrogen functional groups attached to an aromatic ring is 1. The summed E-state index contributed by atoms with van der Waals surface area (Å²) in [7, 11) is 0. The minimum Gasteiger partial charge on any atom is -0.384 e. The summed E-state index contributed by atoms with van der Waals surface area (Å²) in [5.41, 5.74) is 7.41. The van der Waals surface area contributed by atoms with Gasteiger partial charge in [0.2, 0.25) is 0 Å². The van der Waals surface area contributed by atoms with Crippen LogP contribution in [0.5, 0.6) is 0 Å². The van der Waals surface area contributed by atoms with Gasteiger partial charge >= 0.3 is 0 Å². The van der Waals surface area contributed by atoms with E-state index in [1.807, 2.05) is 0 Å². The monoisotopic (exact) mass is 273 g/mol. The van der Waals surface area contributed by atoms with Crippen LogP contribution in [0.25, 0.3) is 0 Å². The van der Waals surface area contributed by atoms with Gasteiger partial charge in [0.1, 0.15) is 11.6 Å². The van der Waals surface area contributed by atoms with Crippen LogP contribution in [0.15, 0.2) is 0 Å². The van der Waals surface area contributed by atoms with Crippen molar-refractivity contribution in [2.24, 2.45) is 0 Å². The first-order valence-corrected chi connectivity index (χ1v) is 7.68. The molecule has 0 atom stereocenters. The van der Waals surface area contributed by atoms with Gasteiger partial charge < -0.3 is 15.0 Å². The van der Waals surface area contributed by atoms with Crippen molar-refractivity contribution in [3.05, 3.63) is 11.5 Å². The van der Waals surface area contributed by atoms with Crippen LogP contribution in [0.1, 0.15) is 61.9 Å². The quantitative estimate of drug-likeness (QED) is 0.861. The van der Waals surface area contributed by atoms with E-state index in [4.69, 9.17) is 21.9 Å². The highest BCUT2D eigenvalue weighted by molar-refractivity contribution is 5.42. The maximum absolute atomic E-state index is 6.35. The number of anilines is 1. The molecule has 2 heterocycles. The van der Waals surface area contributed by atoms with E-state index in [0.29, 0.717) is 18.4 Å². The lowest BCUT2D eigenvalue weighted by Gasteiger charge is -2.20. The molecule has 0 radical (unpaired) electrons. The number of rotatable bonds is 3. The molecule has 1 aliphatic carbocycles. The third-order valence-electron chi connectivity index (χ3n) is 4.64. The number of nitrogens with zero attached hydrogens (tertiary/aromatic N) is 2. The molecular formula is C16H23N3O. The summed E-state index contributed by atoms with van der Waals surface area (Å²) >= 11 is 0. The molecule has 1 aliphatic heterocycles. The molecule has 2 fully saturated rings. The normalized spacial score (nSPS) is 21.1. The minimum absolute atomic E-state index is 0.433. The van der Waals surface area contributed by atoms with Gasteiger partial charge in [-0.3, -0.25) is 0 Å². The maximum Gasteiger partial charge on any atom is 0.127 e. The molecule has 2 N–H and O–H groups in total. The molecule has 0 bridgehead atoms. The predicted molar refractivity (Wildman–Crippen MR) is 79.5 cm³/mol. The molecule has 1 saturated carbocycles. The summed E-state index contributed by atoms with van der Waals surface area (Å²) < 4.78 is 7.51. The number of imidazole rings is 1. The number of nitrogens with two attached hydrogens (primary N) is 1. The van der Waals surface area contributed by atoms with Gasteiger partial charge in [0.25, 0.3) is 0 Å². The fourth-order valence-corrected chi connectivity index (χ4v) is 3.53. The third-order valence-corrected chi connectivity index (χ3v) is 4.64. The molecule has 1 aromatic rings. The molecule has 0 spiro atoms. The van der Waals surface area contributed by atoms with Crippen molar-refractivity contribution in [3.63, 3.8) is 0 Å². The Bertz CT molecular complexity index is 503. The molecule has 1 aromatic heterocycles. The molecule has 2 aliphatic rings. The van der Waals surface area contributed by atoms with Gasteiger partial charge in [0.05, 0.1) is 12.2 Å². The zero-order valence-electron chi connectivity index (χ0n) is 12.0. The number of aromatic nitrogens is 2. The van der Waals surface area contributed by atoms with E-state index >= 15 is 0 Å². The molecule has 3 rings (SSSR count). The van der Waals surface area contributed by atoms with Crippen molar-refractivity contribution in [2.75, 3.05) is 18.9 Å². The van der Waals surface area contributed by atoms with Gasteiger partial charge in [-0.05, 0) is 25.7 Å². The smallest absolute Gasteiger partial charge is 0.127 e. The Balaban J connectivity index is 1.94. The Morgan fingerprint density at radius 2 is 1.90 bits per heavy atom. The molecule has 108 valence electrons. The molecule has 1 saturated heterocycles. The lowest BCUT2D eigenvalue weighted by Crippen LogP contribution is -2.16. The SMILES string of the molecule is C#CCn1c(C2CCCC2)nc(C2CCOCC2)c1N. The van der Waals surface area contributed by atoms with E-state index in [-0.39, 0.29) is 0 Å². The molecular weight excluding hydrogens is 250 g/mol. The van der Waals surface area contributed by atoms with Crippen molar-refractivity contribution < 1.29 is 4.74 Å². The van der Waals surface area contributed by atoms with E-state index in [9.17, 15) is 0 Å². The van der Waals surface area contributed by atoms with Crippen LogP contribution in [0.2, 0.25) is 0 Å². The second-order valence-corrected chi connectivity index (χ2v) is 5.90. The van der Waals surface area contributed by atoms with Gasteiger partial charge in [-0.15, -0.1) is 6.42 Å². The van der Waals surface area contributed by atoms with E-state index < -0.39 is 0 Å². The summed E-state index contributed by atoms with van der Waals surface area (Å²) in [5.74, 6) is 5.61. The first-order chi connectivity index (χ1) is 9.81. The molecule has 4 nitrogen and oxygen atoms in total. The van der Waals surface area contributed by atoms with Gasteiger partial charge in [-0.1, -0.05) is 18.8 Å². The molecule has 20 heavy (non-hydrogen) atoms. The highest BCUT2D eigenvalue weighted by Crippen LogP contribution is 2.38. The summed E-state index contributed by atoms with van der Waals surface area (Å²) in [6.45, 7) is 2.16. The van der Waals surface area contributed by atoms with Crippen LogP contribution >= 0.6 is 0 Å². The number of ether oxygens (including phenoxy) is 1. The number of hydrogen-bond acceptors (Lipinski definition) is 3. The lowest BCUT2D eigenvalue weighted by atomic mass is 9.96. The van der Waals surface area contributed by atoms with Gasteiger partial charge in [0.15, 0.2) is 0 Å². The molecule has 4 heteroatoms. The summed E-state index contributed by atoms with van der Waals surface area (Å²) in [5, 5.41) is 0. The Hall–Kier alpha value is -1.47. The van der Waals surface area contributed by atoms with E-state index in [1.165, 1.54) is 25.7 Å². The summed E-state index contributed by atoms with van der Waals surface area (Å²) in [4.78, 5) is 4.92. The van der Waals surface area contributed by atoms with Crippen LogP contribution in [0.4, 0.5) is 5.82 Å². The zero-order valence-corrected chi connectivity index (χ0v) is 12.0. The number of terminal acetylenes is 1. The zero-order chi connectivity index (χ0) is 13.9. The maximum atomic E-state index is 6.35. The van der Waals surface area contributed by atoms with Crippen molar-refractivity contribution in [1.29, 1.82) is 0 Å². The van der Waals surface area contributed by atoms with E-state index in [0.717, 1.165) is 43.4 Å². The van der Waals surface area contributed by atoms with Gasteiger partial charge in [0, 0.05) is 25.0 Å². The topological polar surface area (TPSA) is 53.1 Å². The Morgan fingerprint density at radius 1 is 1.20 bits per heavy atom. The third kappa shape index (κ3) is 2.43. The van der Waals surface area contributed by atoms with E-state index in [1.54, 1.807) is 0 Å². The van der Waals surface area contributed by atoms with Crippen LogP contribution < -0.4 is 5.73 Å². The van der Waals surface area contributed by atoms with Crippen LogP contribution in [0.3, 0.4) is 0 Å². The largest absolute Gasteiger partial charge is 0.384 e. The predicted octanol–water partition coefficient (Wildman–Crippen LogP) is 2.65. The Morgan fingerprint density at radius 3 is 2.55 bits per heavy atom. The highest BCUT2D eigenvalue weighted by atomic mass is 16.5. The fraction of sp³-hybridized carbons (Fsp3) is 0.688. The molecule has 0 aromatic carbocycles. The Kier molecular flexibility index (Phi) is 3.98. The minimum atomic E-state index is 0.433. The van der Waals surface area contributed by atoms with Gasteiger partial charge in [-0.2, -0.15) is 0 Å². The standard InChI is InChI=1S/C16H23N3O/c1-2-9-19-15(17)14(12-7-10-20-11-8-12)18-16(19)13-5-3-4-6-13/h1,12-13H,3-11,17H2. The first kappa shape index (κ1) is 13.5.